The third-order valence-electron chi connectivity index (χ3n) is 5.75. The molecule has 38 heavy (non-hydrogen) atoms. The lowest BCUT2D eigenvalue weighted by atomic mass is 10.0. The summed E-state index contributed by atoms with van der Waals surface area (Å²) in [4.78, 5) is 62.3. The van der Waals surface area contributed by atoms with E-state index in [9.17, 15) is 29.4 Å². The summed E-state index contributed by atoms with van der Waals surface area (Å²) in [7, 11) is 4.89. The van der Waals surface area contributed by atoms with E-state index in [-0.39, 0.29) is 39.1 Å². The standard InChI is InChI=1S/C21H24N8O7S2/c1-29(2,7-10-4-11(30)12(31)5-23-10)6-9-8-37-19-14(18(33)28(19)15(9)20(34)35)24-17(32)13(26-36-3)16-25-21(22)38-27-16/h4-5,14,19H,6-8H2,1-3H3,(H5-,22,23,24,25,26,27,30,31,32,34,35)/t14-,19-/m1/s1. The molecule has 2 atom stereocenters. The molecule has 0 radical (unpaired) electrons. The van der Waals surface area contributed by atoms with Crippen LogP contribution >= 0.6 is 23.3 Å². The second-order valence-corrected chi connectivity index (χ2v) is 11.0. The molecule has 2 amide bonds. The van der Waals surface area contributed by atoms with Crippen molar-refractivity contribution in [1.29, 1.82) is 0 Å². The molecule has 4 heterocycles. The number of carbonyl (C=O) groups excluding carboxylic acids is 3. The Hall–Kier alpha value is -3.96. The number of H-pyrrole nitrogens is 1. The number of pyridine rings is 1. The number of anilines is 1. The number of likely N-dealkylation sites (N-methyl/N-ethyl adjacent to an activating group) is 1. The van der Waals surface area contributed by atoms with Gasteiger partial charge in [0.25, 0.3) is 11.8 Å². The van der Waals surface area contributed by atoms with E-state index in [1.807, 2.05) is 14.1 Å². The number of nitrogen functional groups attached to an aromatic ring is 1. The molecule has 202 valence electrons. The largest absolute Gasteiger partial charge is 0.543 e. The zero-order chi connectivity index (χ0) is 27.8. The first kappa shape index (κ1) is 27.1. The number of nitrogens with one attached hydrogen (secondary N) is 2. The molecule has 5 N–H and O–H groups in total. The van der Waals surface area contributed by atoms with Gasteiger partial charge in [0, 0.05) is 35.1 Å². The third-order valence-corrected chi connectivity index (χ3v) is 7.63. The van der Waals surface area contributed by atoms with Gasteiger partial charge < -0.3 is 40.4 Å². The molecule has 2 aromatic rings. The topological polar surface area (TPSA) is 216 Å². The number of quaternary nitrogens is 1. The average molecular weight is 565 g/mol. The molecule has 1 fully saturated rings. The first-order valence-electron chi connectivity index (χ1n) is 11.0. The first-order valence-corrected chi connectivity index (χ1v) is 12.9. The highest BCUT2D eigenvalue weighted by molar-refractivity contribution is 8.00. The Morgan fingerprint density at radius 2 is 2.13 bits per heavy atom. The Morgan fingerprint density at radius 3 is 2.74 bits per heavy atom. The molecule has 15 nitrogen and oxygen atoms in total. The Labute approximate surface area is 223 Å². The van der Waals surface area contributed by atoms with Crippen molar-refractivity contribution in [1.82, 2.24) is 24.6 Å². The SMILES string of the molecule is CO/N=C(\C(=O)N[C@@H]1C(=O)N2C(C(=O)[O-])=C(C[N+](C)(C)Cc3cc(=O)c(O)c[nH]3)CS[C@H]12)c1nsc(N)n1. The maximum absolute atomic E-state index is 13.0. The summed E-state index contributed by atoms with van der Waals surface area (Å²) in [6.45, 7) is 0.547. The van der Waals surface area contributed by atoms with Crippen LogP contribution in [0.2, 0.25) is 0 Å². The molecule has 4 rings (SSSR count). The highest BCUT2D eigenvalue weighted by Crippen LogP contribution is 2.40. The van der Waals surface area contributed by atoms with Gasteiger partial charge in [0.05, 0.1) is 31.5 Å². The van der Waals surface area contributed by atoms with Gasteiger partial charge in [-0.25, -0.2) is 0 Å². The minimum atomic E-state index is -1.51. The van der Waals surface area contributed by atoms with E-state index in [4.69, 9.17) is 10.6 Å². The number of nitrogens with zero attached hydrogens (tertiary/aromatic N) is 5. The molecular formula is C21H24N8O7S2. The van der Waals surface area contributed by atoms with Crippen LogP contribution in [0.25, 0.3) is 0 Å². The Kier molecular flexibility index (Phi) is 7.43. The molecule has 0 unspecified atom stereocenters. The monoisotopic (exact) mass is 564 g/mol. The van der Waals surface area contributed by atoms with Crippen LogP contribution in [0.1, 0.15) is 11.5 Å². The summed E-state index contributed by atoms with van der Waals surface area (Å²) in [5.74, 6) is -3.12. The van der Waals surface area contributed by atoms with Crippen molar-refractivity contribution >= 4 is 51.9 Å². The second kappa shape index (κ2) is 10.4. The number of amides is 2. The van der Waals surface area contributed by atoms with Gasteiger partial charge in [-0.3, -0.25) is 19.3 Å². The number of carbonyl (C=O) groups is 3. The number of oxime groups is 1. The van der Waals surface area contributed by atoms with Crippen molar-refractivity contribution in [2.45, 2.75) is 18.0 Å². The molecule has 0 aromatic carbocycles. The number of hydrogen-bond donors (Lipinski definition) is 4. The fraction of sp³-hybridized carbons (Fsp3) is 0.381. The number of rotatable bonds is 9. The molecule has 0 saturated carbocycles. The number of fused-ring (bicyclic) bond motifs is 1. The molecule has 2 aromatic heterocycles. The van der Waals surface area contributed by atoms with Gasteiger partial charge in [-0.1, -0.05) is 5.16 Å². The molecular weight excluding hydrogens is 540 g/mol. The smallest absolute Gasteiger partial charge is 0.278 e. The van der Waals surface area contributed by atoms with Gasteiger partial charge in [-0.05, 0) is 0 Å². The number of aromatic nitrogens is 3. The lowest BCUT2D eigenvalue weighted by molar-refractivity contribution is -0.899. The number of β-lactam (4-membered cyclic amide) rings is 1. The molecule has 0 aliphatic carbocycles. The highest BCUT2D eigenvalue weighted by atomic mass is 32.2. The first-order chi connectivity index (χ1) is 17.9. The number of carboxylic acid groups (broad SMARTS) is 1. The van der Waals surface area contributed by atoms with Crippen molar-refractivity contribution in [2.24, 2.45) is 5.16 Å². The minimum absolute atomic E-state index is 0.0700. The van der Waals surface area contributed by atoms with Crippen molar-refractivity contribution in [3.05, 3.63) is 45.3 Å². The Bertz CT molecular complexity index is 1420. The van der Waals surface area contributed by atoms with Crippen LogP contribution in [0.5, 0.6) is 5.75 Å². The fourth-order valence-electron chi connectivity index (χ4n) is 4.24. The predicted molar refractivity (Wildman–Crippen MR) is 134 cm³/mol. The van der Waals surface area contributed by atoms with Crippen LogP contribution in [-0.2, 0) is 25.8 Å². The summed E-state index contributed by atoms with van der Waals surface area (Å²) in [5, 5.41) is 27.2. The normalized spacial score (nSPS) is 19.6. The number of aromatic hydroxyl groups is 1. The van der Waals surface area contributed by atoms with Gasteiger partial charge in [-0.15, -0.1) is 11.8 Å². The van der Waals surface area contributed by atoms with E-state index in [2.05, 4.69) is 24.8 Å². The lowest BCUT2D eigenvalue weighted by Crippen LogP contribution is -2.71. The summed E-state index contributed by atoms with van der Waals surface area (Å²) in [6.07, 6.45) is 1.19. The highest BCUT2D eigenvalue weighted by Gasteiger charge is 2.53. The molecule has 2 aliphatic heterocycles. The number of aliphatic carboxylic acids is 1. The maximum Gasteiger partial charge on any atom is 0.278 e. The van der Waals surface area contributed by atoms with Crippen LogP contribution in [0, 0.1) is 0 Å². The molecule has 1 saturated heterocycles. The van der Waals surface area contributed by atoms with Gasteiger partial charge in [0.15, 0.2) is 10.9 Å². The second-order valence-electron chi connectivity index (χ2n) is 9.14. The third kappa shape index (κ3) is 5.34. The number of carboxylic acids is 1. The molecule has 2 aliphatic rings. The van der Waals surface area contributed by atoms with Crippen LogP contribution in [0.15, 0.2) is 33.5 Å². The number of nitrogens with two attached hydrogens (primary N) is 1. The van der Waals surface area contributed by atoms with Crippen molar-refractivity contribution in [2.75, 3.05) is 39.2 Å². The summed E-state index contributed by atoms with van der Waals surface area (Å²) in [5.41, 5.74) is 5.54. The summed E-state index contributed by atoms with van der Waals surface area (Å²) in [6, 6.07) is 0.253. The molecule has 17 heteroatoms. The van der Waals surface area contributed by atoms with Crippen molar-refractivity contribution in [3.8, 4) is 5.75 Å². The number of hydrogen-bond acceptors (Lipinski definition) is 13. The zero-order valence-electron chi connectivity index (χ0n) is 20.5. The van der Waals surface area contributed by atoms with E-state index in [0.717, 1.165) is 16.4 Å². The lowest BCUT2D eigenvalue weighted by Gasteiger charge is -2.51. The Morgan fingerprint density at radius 1 is 1.39 bits per heavy atom. The predicted octanol–water partition coefficient (Wildman–Crippen LogP) is -2.45. The zero-order valence-corrected chi connectivity index (χ0v) is 22.1. The van der Waals surface area contributed by atoms with Gasteiger partial charge in [0.2, 0.25) is 17.0 Å². The van der Waals surface area contributed by atoms with Gasteiger partial charge in [-0.2, -0.15) is 9.36 Å². The number of aromatic amines is 1. The van der Waals surface area contributed by atoms with Crippen LogP contribution in [-0.4, -0.2) is 97.2 Å². The van der Waals surface area contributed by atoms with Crippen LogP contribution in [0.4, 0.5) is 5.13 Å². The van der Waals surface area contributed by atoms with Gasteiger partial charge >= 0.3 is 0 Å². The average Bonchev–Trinajstić information content (AvgIpc) is 3.27. The van der Waals surface area contributed by atoms with Gasteiger partial charge in [0.1, 0.15) is 31.6 Å². The van der Waals surface area contributed by atoms with Crippen molar-refractivity contribution < 1.29 is 33.9 Å². The van der Waals surface area contributed by atoms with E-state index < -0.39 is 40.4 Å². The van der Waals surface area contributed by atoms with Crippen LogP contribution < -0.4 is 21.6 Å². The van der Waals surface area contributed by atoms with E-state index in [1.165, 1.54) is 31.1 Å². The molecule has 0 spiro atoms. The maximum atomic E-state index is 13.0. The van der Waals surface area contributed by atoms with E-state index in [1.54, 1.807) is 0 Å². The number of thioether (sulfide) groups is 1. The minimum Gasteiger partial charge on any atom is -0.543 e. The van der Waals surface area contributed by atoms with Crippen LogP contribution in [0.3, 0.4) is 0 Å². The quantitative estimate of drug-likeness (QED) is 0.108. The van der Waals surface area contributed by atoms with Crippen molar-refractivity contribution in [3.63, 3.8) is 0 Å². The van der Waals surface area contributed by atoms with E-state index >= 15 is 0 Å². The van der Waals surface area contributed by atoms with E-state index in [0.29, 0.717) is 17.8 Å². The summed E-state index contributed by atoms with van der Waals surface area (Å²) >= 11 is 2.15. The summed E-state index contributed by atoms with van der Waals surface area (Å²) < 4.78 is 4.17. The molecule has 0 bridgehead atoms. The Balaban J connectivity index is 1.51. The fourth-order valence-corrected chi connectivity index (χ4v) is 6.01.